The Kier molecular flexibility index (Phi) is 4.26. The number of carbonyl (C=O) groups excluding carboxylic acids is 1. The molecule has 6 nitrogen and oxygen atoms in total. The van der Waals surface area contributed by atoms with Crippen LogP contribution in [0, 0.1) is 0 Å². The summed E-state index contributed by atoms with van der Waals surface area (Å²) >= 11 is 0. The monoisotopic (exact) mass is 334 g/mol. The maximum absolute atomic E-state index is 12.6. The van der Waals surface area contributed by atoms with E-state index < -0.39 is 0 Å². The van der Waals surface area contributed by atoms with E-state index >= 15 is 0 Å². The van der Waals surface area contributed by atoms with Crippen LogP contribution < -0.4 is 10.2 Å². The van der Waals surface area contributed by atoms with E-state index in [9.17, 15) is 4.79 Å². The molecule has 0 unspecified atom stereocenters. The molecule has 0 atom stereocenters. The van der Waals surface area contributed by atoms with E-state index in [4.69, 9.17) is 4.74 Å². The fraction of sp³-hybridized carbons (Fsp3) is 0.211. The average molecular weight is 334 g/mol. The summed E-state index contributed by atoms with van der Waals surface area (Å²) in [6.45, 7) is 2.93. The molecule has 25 heavy (non-hydrogen) atoms. The Balaban J connectivity index is 1.52. The number of carbonyl (C=O) groups is 1. The van der Waals surface area contributed by atoms with Gasteiger partial charge in [0.05, 0.1) is 31.3 Å². The van der Waals surface area contributed by atoms with Crippen molar-refractivity contribution in [1.82, 2.24) is 9.97 Å². The zero-order valence-corrected chi connectivity index (χ0v) is 13.7. The molecule has 3 aromatic rings. The Morgan fingerprint density at radius 2 is 1.72 bits per heavy atom. The number of amides is 1. The Hall–Kier alpha value is -2.99. The summed E-state index contributed by atoms with van der Waals surface area (Å²) in [5.41, 5.74) is 1.21. The van der Waals surface area contributed by atoms with Crippen molar-refractivity contribution >= 4 is 28.3 Å². The summed E-state index contributed by atoms with van der Waals surface area (Å²) in [6, 6.07) is 13.5. The van der Waals surface area contributed by atoms with Crippen LogP contribution in [0.25, 0.3) is 10.8 Å². The van der Waals surface area contributed by atoms with E-state index in [-0.39, 0.29) is 5.91 Å². The van der Waals surface area contributed by atoms with Crippen molar-refractivity contribution < 1.29 is 9.53 Å². The van der Waals surface area contributed by atoms with Crippen LogP contribution in [0.1, 0.15) is 10.4 Å². The molecule has 1 aliphatic heterocycles. The van der Waals surface area contributed by atoms with Gasteiger partial charge in [-0.15, -0.1) is 0 Å². The van der Waals surface area contributed by atoms with Gasteiger partial charge in [0.25, 0.3) is 5.91 Å². The lowest BCUT2D eigenvalue weighted by atomic mass is 10.0. The number of benzene rings is 2. The van der Waals surface area contributed by atoms with Crippen molar-refractivity contribution in [2.24, 2.45) is 0 Å². The number of morpholine rings is 1. The van der Waals surface area contributed by atoms with Gasteiger partial charge < -0.3 is 15.0 Å². The number of nitrogens with zero attached hydrogens (tertiary/aromatic N) is 3. The van der Waals surface area contributed by atoms with Gasteiger partial charge in [-0.2, -0.15) is 0 Å². The second kappa shape index (κ2) is 6.86. The van der Waals surface area contributed by atoms with Gasteiger partial charge >= 0.3 is 0 Å². The third-order valence-corrected chi connectivity index (χ3v) is 4.22. The molecule has 0 aliphatic carbocycles. The Bertz CT molecular complexity index is 884. The molecule has 1 aliphatic rings. The molecule has 1 N–H and O–H groups in total. The highest BCUT2D eigenvalue weighted by Gasteiger charge is 2.14. The summed E-state index contributed by atoms with van der Waals surface area (Å²) in [5.74, 6) is 0.492. The van der Waals surface area contributed by atoms with Gasteiger partial charge in [0, 0.05) is 18.7 Å². The maximum atomic E-state index is 12.6. The number of hydrogen-bond acceptors (Lipinski definition) is 5. The molecule has 2 aromatic carbocycles. The zero-order valence-electron chi connectivity index (χ0n) is 13.7. The fourth-order valence-electron chi connectivity index (χ4n) is 2.93. The highest BCUT2D eigenvalue weighted by atomic mass is 16.5. The lowest BCUT2D eigenvalue weighted by molar-refractivity contribution is 0.102. The number of anilines is 2. The summed E-state index contributed by atoms with van der Waals surface area (Å²) in [5, 5.41) is 4.83. The molecular formula is C19H18N4O2. The van der Waals surface area contributed by atoms with E-state index in [1.165, 1.54) is 0 Å². The van der Waals surface area contributed by atoms with E-state index in [1.54, 1.807) is 12.4 Å². The Morgan fingerprint density at radius 3 is 2.52 bits per heavy atom. The molecule has 0 saturated carbocycles. The highest BCUT2D eigenvalue weighted by Crippen LogP contribution is 2.20. The van der Waals surface area contributed by atoms with Gasteiger partial charge in [-0.25, -0.2) is 9.97 Å². The Morgan fingerprint density at radius 1 is 1.00 bits per heavy atom. The van der Waals surface area contributed by atoms with Crippen molar-refractivity contribution in [2.45, 2.75) is 0 Å². The van der Waals surface area contributed by atoms with Gasteiger partial charge in [-0.3, -0.25) is 4.79 Å². The normalized spacial score (nSPS) is 14.5. The highest BCUT2D eigenvalue weighted by molar-refractivity contribution is 6.12. The average Bonchev–Trinajstić information content (AvgIpc) is 2.69. The van der Waals surface area contributed by atoms with Crippen LogP contribution in [0.4, 0.5) is 11.6 Å². The fourth-order valence-corrected chi connectivity index (χ4v) is 2.93. The van der Waals surface area contributed by atoms with E-state index in [0.29, 0.717) is 30.4 Å². The lowest BCUT2D eigenvalue weighted by Gasteiger charge is -2.26. The van der Waals surface area contributed by atoms with Crippen molar-refractivity contribution in [3.63, 3.8) is 0 Å². The first-order chi connectivity index (χ1) is 12.3. The van der Waals surface area contributed by atoms with E-state index in [1.807, 2.05) is 42.5 Å². The molecule has 1 aromatic heterocycles. The summed E-state index contributed by atoms with van der Waals surface area (Å²) < 4.78 is 5.33. The van der Waals surface area contributed by atoms with E-state index in [2.05, 4.69) is 20.2 Å². The van der Waals surface area contributed by atoms with Gasteiger partial charge in [0.1, 0.15) is 0 Å². The quantitative estimate of drug-likeness (QED) is 0.798. The van der Waals surface area contributed by atoms with Gasteiger partial charge in [0.15, 0.2) is 0 Å². The molecular weight excluding hydrogens is 316 g/mol. The van der Waals surface area contributed by atoms with Gasteiger partial charge in [-0.05, 0) is 16.8 Å². The van der Waals surface area contributed by atoms with Crippen molar-refractivity contribution in [1.29, 1.82) is 0 Å². The molecule has 4 rings (SSSR count). The molecule has 126 valence electrons. The second-order valence-electron chi connectivity index (χ2n) is 5.85. The smallest absolute Gasteiger partial charge is 0.256 e. The number of nitrogens with one attached hydrogen (secondary N) is 1. The van der Waals surface area contributed by atoms with Crippen LogP contribution in [0.5, 0.6) is 0 Å². The zero-order chi connectivity index (χ0) is 17.1. The minimum absolute atomic E-state index is 0.167. The van der Waals surface area contributed by atoms with Crippen molar-refractivity contribution in [3.05, 3.63) is 60.4 Å². The van der Waals surface area contributed by atoms with Crippen LogP contribution in [-0.4, -0.2) is 42.2 Å². The second-order valence-corrected chi connectivity index (χ2v) is 5.85. The SMILES string of the molecule is O=C(Nc1cnc(N2CCOCC2)nc1)c1cccc2ccccc12. The first kappa shape index (κ1) is 15.5. The van der Waals surface area contributed by atoms with Gasteiger partial charge in [-0.1, -0.05) is 36.4 Å². The predicted octanol–water partition coefficient (Wildman–Crippen LogP) is 2.72. The first-order valence-electron chi connectivity index (χ1n) is 8.25. The molecule has 0 spiro atoms. The molecule has 0 bridgehead atoms. The molecule has 1 amide bonds. The number of hydrogen-bond donors (Lipinski definition) is 1. The standard InChI is InChI=1S/C19H18N4O2/c24-18(17-7-3-5-14-4-1-2-6-16(14)17)22-15-12-20-19(21-13-15)23-8-10-25-11-9-23/h1-7,12-13H,8-11H2,(H,22,24). The number of aromatic nitrogens is 2. The Labute approximate surface area is 145 Å². The van der Waals surface area contributed by atoms with Crippen LogP contribution in [0.2, 0.25) is 0 Å². The minimum Gasteiger partial charge on any atom is -0.378 e. The van der Waals surface area contributed by atoms with E-state index in [0.717, 1.165) is 23.9 Å². The largest absolute Gasteiger partial charge is 0.378 e. The molecule has 0 radical (unpaired) electrons. The lowest BCUT2D eigenvalue weighted by Crippen LogP contribution is -2.37. The van der Waals surface area contributed by atoms with Crippen LogP contribution in [-0.2, 0) is 4.74 Å². The summed E-state index contributed by atoms with van der Waals surface area (Å²) in [6.07, 6.45) is 3.28. The summed E-state index contributed by atoms with van der Waals surface area (Å²) in [7, 11) is 0. The number of ether oxygens (including phenoxy) is 1. The van der Waals surface area contributed by atoms with Crippen LogP contribution in [0.3, 0.4) is 0 Å². The topological polar surface area (TPSA) is 67.4 Å². The third kappa shape index (κ3) is 3.29. The van der Waals surface area contributed by atoms with Crippen molar-refractivity contribution in [3.8, 4) is 0 Å². The first-order valence-corrected chi connectivity index (χ1v) is 8.25. The summed E-state index contributed by atoms with van der Waals surface area (Å²) in [4.78, 5) is 23.4. The predicted molar refractivity (Wildman–Crippen MR) is 97.0 cm³/mol. The van der Waals surface area contributed by atoms with Crippen LogP contribution >= 0.6 is 0 Å². The molecule has 6 heteroatoms. The maximum Gasteiger partial charge on any atom is 0.256 e. The molecule has 2 heterocycles. The molecule has 1 fully saturated rings. The number of fused-ring (bicyclic) bond motifs is 1. The minimum atomic E-state index is -0.167. The van der Waals surface area contributed by atoms with Crippen molar-refractivity contribution in [2.75, 3.05) is 36.5 Å². The van der Waals surface area contributed by atoms with Crippen LogP contribution in [0.15, 0.2) is 54.9 Å². The third-order valence-electron chi connectivity index (χ3n) is 4.22. The number of rotatable bonds is 3. The van der Waals surface area contributed by atoms with Gasteiger partial charge in [0.2, 0.25) is 5.95 Å². The molecule has 1 saturated heterocycles.